The molecule has 19 heavy (non-hydrogen) atoms. The molecule has 0 bridgehead atoms. The molecule has 0 aliphatic carbocycles. The molecule has 0 N–H and O–H groups in total. The molecule has 3 rings (SSSR count). The minimum Gasteiger partial charge on any atom is -0.436 e. The molecule has 0 spiro atoms. The molecule has 0 aliphatic heterocycles. The lowest BCUT2D eigenvalue weighted by molar-refractivity contribution is 0.620. The number of benzene rings is 2. The zero-order valence-corrected chi connectivity index (χ0v) is 10.2. The van der Waals surface area contributed by atoms with E-state index in [1.165, 1.54) is 5.56 Å². The first-order chi connectivity index (χ1) is 9.26. The lowest BCUT2D eigenvalue weighted by Crippen LogP contribution is -1.77. The molecule has 0 amide bonds. The normalized spacial score (nSPS) is 10.4. The fourth-order valence-electron chi connectivity index (χ4n) is 1.85. The average molecular weight is 250 g/mol. The van der Waals surface area contributed by atoms with Crippen LogP contribution >= 0.6 is 0 Å². The van der Waals surface area contributed by atoms with Gasteiger partial charge in [0.15, 0.2) is 5.58 Å². The van der Waals surface area contributed by atoms with Gasteiger partial charge in [-0.1, -0.05) is 28.9 Å². The van der Waals surface area contributed by atoms with Crippen molar-refractivity contribution in [3.05, 3.63) is 58.5 Å². The van der Waals surface area contributed by atoms with Crippen LogP contribution in [0.25, 0.3) is 33.0 Å². The first-order valence-electron chi connectivity index (χ1n) is 5.79. The molecule has 1 aromatic heterocycles. The molecule has 0 saturated carbocycles. The Morgan fingerprint density at radius 2 is 1.95 bits per heavy atom. The van der Waals surface area contributed by atoms with Gasteiger partial charge in [-0.25, -0.2) is 4.98 Å². The predicted molar refractivity (Wildman–Crippen MR) is 73.0 cm³/mol. The molecule has 92 valence electrons. The second kappa shape index (κ2) is 4.48. The van der Waals surface area contributed by atoms with Crippen molar-refractivity contribution >= 4 is 16.8 Å². The largest absolute Gasteiger partial charge is 0.436 e. The molecule has 1 heterocycles. The summed E-state index contributed by atoms with van der Waals surface area (Å²) in [5, 5.41) is 3.54. The molecule has 0 atom stereocenters. The van der Waals surface area contributed by atoms with E-state index in [0.29, 0.717) is 17.2 Å². The lowest BCUT2D eigenvalue weighted by atomic mass is 10.1. The Morgan fingerprint density at radius 3 is 2.68 bits per heavy atom. The number of rotatable bonds is 2. The van der Waals surface area contributed by atoms with Crippen LogP contribution in [0.2, 0.25) is 0 Å². The van der Waals surface area contributed by atoms with Crippen molar-refractivity contribution in [3.63, 3.8) is 0 Å². The second-order valence-corrected chi connectivity index (χ2v) is 4.23. The van der Waals surface area contributed by atoms with Gasteiger partial charge in [-0.3, -0.25) is 0 Å². The third-order valence-electron chi connectivity index (χ3n) is 2.83. The molecule has 0 unspecified atom stereocenters. The minimum absolute atomic E-state index is 0.515. The SMILES string of the molecule is Cc1ccc(-c2nc3ccc(N=[N+]=[N-])cc3o2)cc1. The van der Waals surface area contributed by atoms with Gasteiger partial charge in [-0.15, -0.1) is 0 Å². The molecule has 0 saturated heterocycles. The quantitative estimate of drug-likeness (QED) is 0.374. The number of hydrogen-bond donors (Lipinski definition) is 0. The van der Waals surface area contributed by atoms with Crippen LogP contribution in [0.3, 0.4) is 0 Å². The van der Waals surface area contributed by atoms with E-state index in [4.69, 9.17) is 9.95 Å². The van der Waals surface area contributed by atoms with Crippen LogP contribution in [0.15, 0.2) is 52.0 Å². The van der Waals surface area contributed by atoms with Gasteiger partial charge in [-0.2, -0.15) is 0 Å². The standard InChI is InChI=1S/C14H10N4O/c1-9-2-4-10(5-3-9)14-16-12-7-6-11(17-18-15)8-13(12)19-14/h2-8H,1H3. The van der Waals surface area contributed by atoms with Crippen molar-refractivity contribution in [2.45, 2.75) is 6.92 Å². The second-order valence-electron chi connectivity index (χ2n) is 4.23. The van der Waals surface area contributed by atoms with E-state index in [0.717, 1.165) is 11.1 Å². The predicted octanol–water partition coefficient (Wildman–Crippen LogP) is 4.75. The first-order valence-corrected chi connectivity index (χ1v) is 5.79. The van der Waals surface area contributed by atoms with Gasteiger partial charge < -0.3 is 4.42 Å². The monoisotopic (exact) mass is 250 g/mol. The maximum Gasteiger partial charge on any atom is 0.227 e. The molecular formula is C14H10N4O. The van der Waals surface area contributed by atoms with Crippen molar-refractivity contribution in [2.75, 3.05) is 0 Å². The maximum atomic E-state index is 8.41. The van der Waals surface area contributed by atoms with Gasteiger partial charge in [0.05, 0.1) is 0 Å². The minimum atomic E-state index is 0.515. The molecule has 5 nitrogen and oxygen atoms in total. The van der Waals surface area contributed by atoms with Gasteiger partial charge in [0.1, 0.15) is 5.52 Å². The fraction of sp³-hybridized carbons (Fsp3) is 0.0714. The van der Waals surface area contributed by atoms with E-state index in [2.05, 4.69) is 15.0 Å². The zero-order chi connectivity index (χ0) is 13.2. The number of azide groups is 1. The van der Waals surface area contributed by atoms with E-state index in [9.17, 15) is 0 Å². The Balaban J connectivity index is 2.10. The number of hydrogen-bond acceptors (Lipinski definition) is 3. The average Bonchev–Trinajstić information content (AvgIpc) is 2.83. The first kappa shape index (κ1) is 11.3. The van der Waals surface area contributed by atoms with Gasteiger partial charge >= 0.3 is 0 Å². The van der Waals surface area contributed by atoms with E-state index < -0.39 is 0 Å². The van der Waals surface area contributed by atoms with E-state index >= 15 is 0 Å². The number of oxazole rings is 1. The van der Waals surface area contributed by atoms with Crippen LogP contribution in [-0.2, 0) is 0 Å². The number of fused-ring (bicyclic) bond motifs is 1. The Labute approximate surface area is 109 Å². The third-order valence-corrected chi connectivity index (χ3v) is 2.83. The van der Waals surface area contributed by atoms with E-state index in [1.54, 1.807) is 18.2 Å². The number of nitrogens with zero attached hydrogens (tertiary/aromatic N) is 4. The smallest absolute Gasteiger partial charge is 0.227 e. The zero-order valence-electron chi connectivity index (χ0n) is 10.2. The summed E-state index contributed by atoms with van der Waals surface area (Å²) in [6, 6.07) is 13.1. The van der Waals surface area contributed by atoms with Crippen LogP contribution in [0.5, 0.6) is 0 Å². The summed E-state index contributed by atoms with van der Waals surface area (Å²) >= 11 is 0. The number of aryl methyl sites for hydroxylation is 1. The van der Waals surface area contributed by atoms with Crippen molar-refractivity contribution in [1.29, 1.82) is 0 Å². The van der Waals surface area contributed by atoms with Crippen LogP contribution in [-0.4, -0.2) is 4.98 Å². The van der Waals surface area contributed by atoms with Gasteiger partial charge in [-0.05, 0) is 36.7 Å². The van der Waals surface area contributed by atoms with Crippen molar-refractivity contribution in [1.82, 2.24) is 4.98 Å². The summed E-state index contributed by atoms with van der Waals surface area (Å²) in [4.78, 5) is 7.16. The Morgan fingerprint density at radius 1 is 1.16 bits per heavy atom. The molecule has 5 heteroatoms. The van der Waals surface area contributed by atoms with E-state index in [-0.39, 0.29) is 0 Å². The van der Waals surface area contributed by atoms with Crippen molar-refractivity contribution in [2.24, 2.45) is 5.11 Å². The summed E-state index contributed by atoms with van der Waals surface area (Å²) < 4.78 is 5.69. The summed E-state index contributed by atoms with van der Waals surface area (Å²) in [5.41, 5.74) is 12.4. The van der Waals surface area contributed by atoms with Gasteiger partial charge in [0, 0.05) is 16.2 Å². The molecule has 0 aliphatic rings. The summed E-state index contributed by atoms with van der Waals surface area (Å²) in [6.45, 7) is 2.03. The highest BCUT2D eigenvalue weighted by atomic mass is 16.3. The molecule has 0 radical (unpaired) electrons. The van der Waals surface area contributed by atoms with Gasteiger partial charge in [0.25, 0.3) is 0 Å². The summed E-state index contributed by atoms with van der Waals surface area (Å²) in [5.74, 6) is 0.563. The molecule has 3 aromatic rings. The van der Waals surface area contributed by atoms with Crippen LogP contribution in [0.1, 0.15) is 5.56 Å². The van der Waals surface area contributed by atoms with Gasteiger partial charge in [0.2, 0.25) is 5.89 Å². The Hall–Kier alpha value is -2.78. The van der Waals surface area contributed by atoms with Crippen molar-refractivity contribution in [3.8, 4) is 11.5 Å². The number of aromatic nitrogens is 1. The third kappa shape index (κ3) is 2.14. The molecular weight excluding hydrogens is 240 g/mol. The summed E-state index contributed by atoms with van der Waals surface area (Å²) in [6.07, 6.45) is 0. The van der Waals surface area contributed by atoms with Crippen LogP contribution in [0.4, 0.5) is 5.69 Å². The fourth-order valence-corrected chi connectivity index (χ4v) is 1.85. The summed E-state index contributed by atoms with van der Waals surface area (Å²) in [7, 11) is 0. The highest BCUT2D eigenvalue weighted by Gasteiger charge is 2.08. The highest BCUT2D eigenvalue weighted by molar-refractivity contribution is 5.79. The Bertz CT molecular complexity index is 783. The lowest BCUT2D eigenvalue weighted by Gasteiger charge is -1.95. The van der Waals surface area contributed by atoms with Crippen LogP contribution < -0.4 is 0 Å². The van der Waals surface area contributed by atoms with Crippen LogP contribution in [0, 0.1) is 6.92 Å². The van der Waals surface area contributed by atoms with E-state index in [1.807, 2.05) is 31.2 Å². The topological polar surface area (TPSA) is 74.8 Å². The highest BCUT2D eigenvalue weighted by Crippen LogP contribution is 2.27. The molecule has 2 aromatic carbocycles. The van der Waals surface area contributed by atoms with Crippen molar-refractivity contribution < 1.29 is 4.42 Å². The Kier molecular flexibility index (Phi) is 2.67. The maximum absolute atomic E-state index is 8.41. The molecule has 0 fully saturated rings.